The van der Waals surface area contributed by atoms with Crippen molar-refractivity contribution in [2.24, 2.45) is 0 Å². The molecular formula is C29H35NO9. The average Bonchev–Trinajstić information content (AvgIpc) is 3.56. The summed E-state index contributed by atoms with van der Waals surface area (Å²) in [5, 5.41) is 0. The van der Waals surface area contributed by atoms with Crippen molar-refractivity contribution in [3.05, 3.63) is 70.5 Å². The molecule has 10 heteroatoms. The van der Waals surface area contributed by atoms with Crippen LogP contribution in [0.1, 0.15) is 17.5 Å². The van der Waals surface area contributed by atoms with Gasteiger partial charge < -0.3 is 38.2 Å². The Morgan fingerprint density at radius 3 is 2.18 bits per heavy atom. The lowest BCUT2D eigenvalue weighted by atomic mass is 9.89. The predicted octanol–water partition coefficient (Wildman–Crippen LogP) is 3.78. The summed E-state index contributed by atoms with van der Waals surface area (Å²) < 4.78 is 34.6. The molecule has 0 bridgehead atoms. The number of carbonyl (C=O) groups is 1. The second-order valence-electron chi connectivity index (χ2n) is 9.24. The largest absolute Gasteiger partial charge is 0.497 e. The summed E-state index contributed by atoms with van der Waals surface area (Å²) in [6.07, 6.45) is 2.66. The highest BCUT2D eigenvalue weighted by Crippen LogP contribution is 2.48. The van der Waals surface area contributed by atoms with Crippen molar-refractivity contribution in [2.75, 3.05) is 62.3 Å². The van der Waals surface area contributed by atoms with Crippen molar-refractivity contribution in [1.82, 2.24) is 4.90 Å². The Hall–Kier alpha value is -3.73. The van der Waals surface area contributed by atoms with Crippen molar-refractivity contribution >= 4 is 5.97 Å². The Balaban J connectivity index is 1.87. The molecule has 0 N–H and O–H groups in total. The number of nitrogens with zero attached hydrogens (tertiary/aromatic N) is 1. The van der Waals surface area contributed by atoms with Crippen LogP contribution in [-0.2, 0) is 36.3 Å². The van der Waals surface area contributed by atoms with Crippen LogP contribution in [0.4, 0.5) is 0 Å². The highest BCUT2D eigenvalue weighted by Gasteiger charge is 2.52. The molecule has 2 aliphatic rings. The van der Waals surface area contributed by atoms with Gasteiger partial charge >= 0.3 is 5.97 Å². The molecule has 10 nitrogen and oxygen atoms in total. The first-order chi connectivity index (χ1) is 18.9. The average molecular weight is 542 g/mol. The standard InChI is InChI=1S/C29H35NO9/c1-30(2)13-7-14-36-29(20-8-10-21(32-3)11-9-20)22(26(28(31)38-29)23-12-15-37-39-23)16-19-17-24(33-4)27(35-6)25(18-19)34-5/h8-12,17-18H,7,13-16H2,1-6H3. The number of esters is 1. The maximum absolute atomic E-state index is 13.5. The molecule has 0 aliphatic carbocycles. The minimum Gasteiger partial charge on any atom is -0.497 e. The Labute approximate surface area is 228 Å². The van der Waals surface area contributed by atoms with Gasteiger partial charge in [-0.15, -0.1) is 0 Å². The number of methoxy groups -OCH3 is 4. The van der Waals surface area contributed by atoms with Crippen LogP contribution in [0, 0.1) is 0 Å². The van der Waals surface area contributed by atoms with E-state index in [1.54, 1.807) is 46.6 Å². The van der Waals surface area contributed by atoms with Gasteiger partial charge in [0.05, 0.1) is 35.0 Å². The first-order valence-electron chi connectivity index (χ1n) is 12.6. The molecule has 2 aromatic carbocycles. The zero-order valence-corrected chi connectivity index (χ0v) is 23.2. The van der Waals surface area contributed by atoms with E-state index in [0.29, 0.717) is 40.7 Å². The van der Waals surface area contributed by atoms with E-state index in [1.165, 1.54) is 0 Å². The minimum absolute atomic E-state index is 0.211. The summed E-state index contributed by atoms with van der Waals surface area (Å²) in [6.45, 7) is 1.34. The molecule has 2 aromatic rings. The molecule has 1 atom stereocenters. The second kappa shape index (κ2) is 12.4. The molecular weight excluding hydrogens is 506 g/mol. The fraction of sp³-hybridized carbons (Fsp3) is 0.414. The second-order valence-corrected chi connectivity index (χ2v) is 9.24. The van der Waals surface area contributed by atoms with Crippen LogP contribution in [0.2, 0.25) is 0 Å². The Bertz CT molecular complexity index is 1210. The maximum Gasteiger partial charge on any atom is 0.345 e. The van der Waals surface area contributed by atoms with Gasteiger partial charge in [-0.1, -0.05) is 0 Å². The fourth-order valence-corrected chi connectivity index (χ4v) is 4.65. The van der Waals surface area contributed by atoms with Gasteiger partial charge in [-0.05, 0) is 75.1 Å². The van der Waals surface area contributed by atoms with E-state index in [1.807, 2.05) is 38.4 Å². The summed E-state index contributed by atoms with van der Waals surface area (Å²) in [5.74, 6) is 0.303. The first kappa shape index (κ1) is 28.3. The van der Waals surface area contributed by atoms with Crippen molar-refractivity contribution in [3.8, 4) is 23.0 Å². The van der Waals surface area contributed by atoms with Crippen LogP contribution in [-0.4, -0.2) is 73.2 Å². The van der Waals surface area contributed by atoms with Gasteiger partial charge in [0.2, 0.25) is 5.75 Å². The predicted molar refractivity (Wildman–Crippen MR) is 142 cm³/mol. The number of cyclic esters (lactones) is 1. The van der Waals surface area contributed by atoms with Crippen molar-refractivity contribution < 1.29 is 43.0 Å². The Kier molecular flexibility index (Phi) is 9.01. The van der Waals surface area contributed by atoms with E-state index in [9.17, 15) is 4.79 Å². The van der Waals surface area contributed by atoms with Crippen LogP contribution in [0.25, 0.3) is 0 Å². The zero-order chi connectivity index (χ0) is 28.0. The monoisotopic (exact) mass is 541 g/mol. The molecule has 2 aliphatic heterocycles. The van der Waals surface area contributed by atoms with E-state index in [-0.39, 0.29) is 24.4 Å². The van der Waals surface area contributed by atoms with E-state index < -0.39 is 11.8 Å². The van der Waals surface area contributed by atoms with Crippen LogP contribution in [0.5, 0.6) is 23.0 Å². The number of hydrogen-bond acceptors (Lipinski definition) is 10. The molecule has 0 saturated carbocycles. The summed E-state index contributed by atoms with van der Waals surface area (Å²) in [6, 6.07) is 10.9. The molecule has 0 spiro atoms. The van der Waals surface area contributed by atoms with Gasteiger partial charge in [0.25, 0.3) is 5.79 Å². The highest BCUT2D eigenvalue weighted by molar-refractivity contribution is 5.97. The summed E-state index contributed by atoms with van der Waals surface area (Å²) in [5.41, 5.74) is 2.24. The molecule has 0 saturated heterocycles. The summed E-state index contributed by atoms with van der Waals surface area (Å²) in [4.78, 5) is 26.1. The van der Waals surface area contributed by atoms with E-state index >= 15 is 0 Å². The van der Waals surface area contributed by atoms with Crippen LogP contribution >= 0.6 is 0 Å². The smallest absolute Gasteiger partial charge is 0.345 e. The molecule has 1 unspecified atom stereocenters. The zero-order valence-electron chi connectivity index (χ0n) is 23.2. The van der Waals surface area contributed by atoms with Gasteiger partial charge in [-0.2, -0.15) is 4.89 Å². The van der Waals surface area contributed by atoms with Crippen LogP contribution in [0.15, 0.2) is 59.4 Å². The van der Waals surface area contributed by atoms with Gasteiger partial charge in [0.15, 0.2) is 17.3 Å². The van der Waals surface area contributed by atoms with Crippen LogP contribution in [0.3, 0.4) is 0 Å². The van der Waals surface area contributed by atoms with Gasteiger partial charge in [-0.25, -0.2) is 4.79 Å². The third-order valence-electron chi connectivity index (χ3n) is 6.50. The molecule has 0 fully saturated rings. The summed E-state index contributed by atoms with van der Waals surface area (Å²) in [7, 11) is 10.2. The minimum atomic E-state index is -1.52. The molecule has 4 rings (SSSR count). The van der Waals surface area contributed by atoms with Gasteiger partial charge in [0.1, 0.15) is 17.9 Å². The lowest BCUT2D eigenvalue weighted by Crippen LogP contribution is -2.34. The molecule has 0 aromatic heterocycles. The molecule has 2 heterocycles. The quantitative estimate of drug-likeness (QED) is 0.212. The number of carbonyl (C=O) groups excluding carboxylic acids is 1. The topological polar surface area (TPSA) is 94.2 Å². The highest BCUT2D eigenvalue weighted by atomic mass is 17.2. The molecule has 210 valence electrons. The van der Waals surface area contributed by atoms with Crippen LogP contribution < -0.4 is 18.9 Å². The number of ether oxygens (including phenoxy) is 6. The fourth-order valence-electron chi connectivity index (χ4n) is 4.65. The van der Waals surface area contributed by atoms with E-state index in [2.05, 4.69) is 4.90 Å². The van der Waals surface area contributed by atoms with Gasteiger partial charge in [0, 0.05) is 17.6 Å². The SMILES string of the molecule is COc1ccc(C2(OCCCN(C)C)OC(=O)C(C3=CCOO3)=C2Cc2cc(OC)c(OC)c(OC)c2)cc1. The van der Waals surface area contributed by atoms with Crippen molar-refractivity contribution in [2.45, 2.75) is 18.6 Å². The molecule has 39 heavy (non-hydrogen) atoms. The van der Waals surface area contributed by atoms with Crippen molar-refractivity contribution in [3.63, 3.8) is 0 Å². The number of hydrogen-bond donors (Lipinski definition) is 0. The summed E-state index contributed by atoms with van der Waals surface area (Å²) >= 11 is 0. The maximum atomic E-state index is 13.5. The van der Waals surface area contributed by atoms with Crippen molar-refractivity contribution in [1.29, 1.82) is 0 Å². The Morgan fingerprint density at radius 2 is 1.64 bits per heavy atom. The van der Waals surface area contributed by atoms with Gasteiger partial charge in [-0.3, -0.25) is 0 Å². The Morgan fingerprint density at radius 1 is 0.949 bits per heavy atom. The lowest BCUT2D eigenvalue weighted by molar-refractivity contribution is -0.231. The van der Waals surface area contributed by atoms with E-state index in [0.717, 1.165) is 18.5 Å². The number of benzene rings is 2. The lowest BCUT2D eigenvalue weighted by Gasteiger charge is -2.32. The third-order valence-corrected chi connectivity index (χ3v) is 6.50. The van der Waals surface area contributed by atoms with E-state index in [4.69, 9.17) is 38.2 Å². The third kappa shape index (κ3) is 5.83. The number of rotatable bonds is 13. The molecule has 0 radical (unpaired) electrons. The molecule has 0 amide bonds. The first-order valence-corrected chi connectivity index (χ1v) is 12.6. The normalized spacial score (nSPS) is 18.6.